The smallest absolute Gasteiger partial charge is 0.228 e. The largest absolute Gasteiger partial charge is 0.342 e. The van der Waals surface area contributed by atoms with Crippen molar-refractivity contribution in [2.75, 3.05) is 13.1 Å². The molecule has 0 unspecified atom stereocenters. The second-order valence-corrected chi connectivity index (χ2v) is 6.72. The summed E-state index contributed by atoms with van der Waals surface area (Å²) in [5, 5.41) is 4.55. The fourth-order valence-corrected chi connectivity index (χ4v) is 3.22. The summed E-state index contributed by atoms with van der Waals surface area (Å²) in [5.41, 5.74) is 3.72. The SMILES string of the molecule is CCCN(CCC)C(=O)Cc1c(-c2ccc(F)cc2)nc2ccc(C)nn12. The molecule has 2 aromatic heterocycles. The van der Waals surface area contributed by atoms with Gasteiger partial charge in [-0.15, -0.1) is 0 Å². The number of benzene rings is 1. The monoisotopic (exact) mass is 368 g/mol. The van der Waals surface area contributed by atoms with Gasteiger partial charge in [-0.2, -0.15) is 5.10 Å². The molecule has 0 radical (unpaired) electrons. The highest BCUT2D eigenvalue weighted by atomic mass is 19.1. The van der Waals surface area contributed by atoms with E-state index in [4.69, 9.17) is 0 Å². The van der Waals surface area contributed by atoms with Gasteiger partial charge in [0, 0.05) is 18.7 Å². The predicted molar refractivity (Wildman–Crippen MR) is 104 cm³/mol. The van der Waals surface area contributed by atoms with Crippen LogP contribution in [0.5, 0.6) is 0 Å². The van der Waals surface area contributed by atoms with E-state index in [9.17, 15) is 9.18 Å². The second kappa shape index (κ2) is 8.29. The van der Waals surface area contributed by atoms with Crippen molar-refractivity contribution >= 4 is 11.6 Å². The van der Waals surface area contributed by atoms with E-state index in [2.05, 4.69) is 23.9 Å². The number of hydrogen-bond donors (Lipinski definition) is 0. The lowest BCUT2D eigenvalue weighted by molar-refractivity contribution is -0.130. The molecule has 1 amide bonds. The van der Waals surface area contributed by atoms with Crippen molar-refractivity contribution in [1.82, 2.24) is 19.5 Å². The maximum atomic E-state index is 13.3. The fraction of sp³-hybridized carbons (Fsp3) is 0.381. The molecule has 6 heteroatoms. The van der Waals surface area contributed by atoms with Crippen LogP contribution in [0.25, 0.3) is 16.9 Å². The Bertz CT molecular complexity index is 927. The first-order chi connectivity index (χ1) is 13.0. The molecule has 142 valence electrons. The van der Waals surface area contributed by atoms with Gasteiger partial charge < -0.3 is 4.90 Å². The number of hydrogen-bond acceptors (Lipinski definition) is 3. The lowest BCUT2D eigenvalue weighted by Crippen LogP contribution is -2.34. The van der Waals surface area contributed by atoms with Crippen molar-refractivity contribution in [2.45, 2.75) is 40.0 Å². The Labute approximate surface area is 158 Å². The first-order valence-corrected chi connectivity index (χ1v) is 9.42. The van der Waals surface area contributed by atoms with E-state index < -0.39 is 0 Å². The van der Waals surface area contributed by atoms with Crippen molar-refractivity contribution in [3.63, 3.8) is 0 Å². The number of imidazole rings is 1. The molecular formula is C21H25FN4O. The van der Waals surface area contributed by atoms with E-state index in [-0.39, 0.29) is 18.1 Å². The van der Waals surface area contributed by atoms with Crippen molar-refractivity contribution in [3.05, 3.63) is 53.6 Å². The lowest BCUT2D eigenvalue weighted by atomic mass is 10.1. The summed E-state index contributed by atoms with van der Waals surface area (Å²) >= 11 is 0. The van der Waals surface area contributed by atoms with Gasteiger partial charge in [-0.1, -0.05) is 13.8 Å². The quantitative estimate of drug-likeness (QED) is 0.632. The van der Waals surface area contributed by atoms with Crippen LogP contribution < -0.4 is 0 Å². The topological polar surface area (TPSA) is 50.5 Å². The Morgan fingerprint density at radius 1 is 1.07 bits per heavy atom. The normalized spacial score (nSPS) is 11.1. The standard InChI is InChI=1S/C21H25FN4O/c1-4-12-25(13-5-2)20(27)14-18-21(16-7-9-17(22)10-8-16)23-19-11-6-15(3)24-26(18)19/h6-11H,4-5,12-14H2,1-3H3. The van der Waals surface area contributed by atoms with Crippen molar-refractivity contribution in [1.29, 1.82) is 0 Å². The van der Waals surface area contributed by atoms with Gasteiger partial charge in [0.05, 0.1) is 23.5 Å². The first-order valence-electron chi connectivity index (χ1n) is 9.42. The highest BCUT2D eigenvalue weighted by Gasteiger charge is 2.21. The number of carbonyl (C=O) groups is 1. The number of rotatable bonds is 7. The molecule has 0 fully saturated rings. The number of fused-ring (bicyclic) bond motifs is 1. The van der Waals surface area contributed by atoms with Crippen LogP contribution in [0.15, 0.2) is 36.4 Å². The van der Waals surface area contributed by atoms with Crippen LogP contribution in [0.1, 0.15) is 38.1 Å². The highest BCUT2D eigenvalue weighted by molar-refractivity contribution is 5.81. The molecule has 0 aliphatic carbocycles. The molecule has 3 aromatic rings. The minimum Gasteiger partial charge on any atom is -0.342 e. The second-order valence-electron chi connectivity index (χ2n) is 6.72. The number of halogens is 1. The van der Waals surface area contributed by atoms with E-state index in [0.717, 1.165) is 42.9 Å². The van der Waals surface area contributed by atoms with E-state index in [1.54, 1.807) is 16.6 Å². The Morgan fingerprint density at radius 3 is 2.37 bits per heavy atom. The Hall–Kier alpha value is -2.76. The summed E-state index contributed by atoms with van der Waals surface area (Å²) in [5.74, 6) is -0.238. The zero-order chi connectivity index (χ0) is 19.4. The molecule has 27 heavy (non-hydrogen) atoms. The average molecular weight is 368 g/mol. The molecule has 0 bridgehead atoms. The summed E-state index contributed by atoms with van der Waals surface area (Å²) in [7, 11) is 0. The maximum Gasteiger partial charge on any atom is 0.228 e. The van der Waals surface area contributed by atoms with Gasteiger partial charge >= 0.3 is 0 Å². The summed E-state index contributed by atoms with van der Waals surface area (Å²) in [4.78, 5) is 19.5. The van der Waals surface area contributed by atoms with Gasteiger partial charge in [0.15, 0.2) is 5.65 Å². The predicted octanol–water partition coefficient (Wildman–Crippen LogP) is 4.03. The first kappa shape index (κ1) is 19.0. The van der Waals surface area contributed by atoms with E-state index in [1.165, 1.54) is 12.1 Å². The molecule has 0 atom stereocenters. The number of aromatic nitrogens is 3. The molecule has 2 heterocycles. The van der Waals surface area contributed by atoms with Crippen molar-refractivity contribution in [3.8, 4) is 11.3 Å². The maximum absolute atomic E-state index is 13.3. The fourth-order valence-electron chi connectivity index (χ4n) is 3.22. The molecule has 0 saturated carbocycles. The van der Waals surface area contributed by atoms with Crippen LogP contribution in [-0.2, 0) is 11.2 Å². The minimum absolute atomic E-state index is 0.0622. The number of aryl methyl sites for hydroxylation is 1. The van der Waals surface area contributed by atoms with Crippen LogP contribution in [0, 0.1) is 12.7 Å². The van der Waals surface area contributed by atoms with Gasteiger partial charge in [0.25, 0.3) is 0 Å². The lowest BCUT2D eigenvalue weighted by Gasteiger charge is -2.21. The summed E-state index contributed by atoms with van der Waals surface area (Å²) in [6.07, 6.45) is 2.05. The molecule has 1 aromatic carbocycles. The molecule has 5 nitrogen and oxygen atoms in total. The zero-order valence-electron chi connectivity index (χ0n) is 16.1. The van der Waals surface area contributed by atoms with Crippen LogP contribution in [0.4, 0.5) is 4.39 Å². The molecule has 0 saturated heterocycles. The molecule has 0 aliphatic heterocycles. The molecular weight excluding hydrogens is 343 g/mol. The van der Waals surface area contributed by atoms with E-state index in [0.29, 0.717) is 11.3 Å². The van der Waals surface area contributed by atoms with Crippen LogP contribution >= 0.6 is 0 Å². The van der Waals surface area contributed by atoms with Gasteiger partial charge in [-0.3, -0.25) is 4.79 Å². The summed E-state index contributed by atoms with van der Waals surface area (Å²) in [6.45, 7) is 7.52. The number of carbonyl (C=O) groups excluding carboxylic acids is 1. The Morgan fingerprint density at radius 2 is 1.74 bits per heavy atom. The molecule has 0 spiro atoms. The summed E-state index contributed by atoms with van der Waals surface area (Å²) in [6, 6.07) is 9.97. The Balaban J connectivity index is 2.06. The average Bonchev–Trinajstić information content (AvgIpc) is 3.00. The van der Waals surface area contributed by atoms with Gasteiger partial charge in [0.1, 0.15) is 5.82 Å². The molecule has 0 N–H and O–H groups in total. The van der Waals surface area contributed by atoms with Gasteiger partial charge in [-0.05, 0) is 56.2 Å². The number of nitrogens with zero attached hydrogens (tertiary/aromatic N) is 4. The minimum atomic E-state index is -0.300. The van der Waals surface area contributed by atoms with Crippen molar-refractivity contribution in [2.24, 2.45) is 0 Å². The van der Waals surface area contributed by atoms with Crippen LogP contribution in [0.3, 0.4) is 0 Å². The molecule has 0 aliphatic rings. The molecule has 3 rings (SSSR count). The third-order valence-corrected chi connectivity index (χ3v) is 4.48. The van der Waals surface area contributed by atoms with Crippen LogP contribution in [0.2, 0.25) is 0 Å². The Kier molecular flexibility index (Phi) is 5.84. The van der Waals surface area contributed by atoms with Gasteiger partial charge in [0.2, 0.25) is 5.91 Å². The zero-order valence-corrected chi connectivity index (χ0v) is 16.1. The van der Waals surface area contributed by atoms with E-state index >= 15 is 0 Å². The summed E-state index contributed by atoms with van der Waals surface area (Å²) < 4.78 is 15.1. The third kappa shape index (κ3) is 4.15. The third-order valence-electron chi connectivity index (χ3n) is 4.48. The van der Waals surface area contributed by atoms with Gasteiger partial charge in [-0.25, -0.2) is 13.9 Å². The van der Waals surface area contributed by atoms with Crippen LogP contribution in [-0.4, -0.2) is 38.5 Å². The van der Waals surface area contributed by atoms with Crippen molar-refractivity contribution < 1.29 is 9.18 Å². The number of amides is 1. The highest BCUT2D eigenvalue weighted by Crippen LogP contribution is 2.25. The van der Waals surface area contributed by atoms with E-state index in [1.807, 2.05) is 24.0 Å².